The lowest BCUT2D eigenvalue weighted by Gasteiger charge is -2.35. The molecule has 4 heterocycles. The topological polar surface area (TPSA) is 87.2 Å². The standard InChI is InChI=1S/C25H33N5O2/c1-18(31)23(22-8-2-3-13-26-22)30-16-11-20(12-17-30)25(32)28-15-5-7-21-10-9-19-6-4-14-27-24(19)29-21/h2-3,8-10,13,20,23H,4-7,11-12,14-17H2,1H3,(H,27,29)(H,28,32). The number of nitrogens with one attached hydrogen (secondary N) is 2. The van der Waals surface area contributed by atoms with Crippen molar-refractivity contribution < 1.29 is 9.59 Å². The van der Waals surface area contributed by atoms with Crippen molar-refractivity contribution in [1.29, 1.82) is 0 Å². The molecule has 170 valence electrons. The van der Waals surface area contributed by atoms with Gasteiger partial charge in [0, 0.05) is 30.9 Å². The molecule has 1 saturated heterocycles. The van der Waals surface area contributed by atoms with Crippen LogP contribution in [0.5, 0.6) is 0 Å². The zero-order chi connectivity index (χ0) is 22.3. The molecular formula is C25H33N5O2. The molecular weight excluding hydrogens is 402 g/mol. The summed E-state index contributed by atoms with van der Waals surface area (Å²) in [6.45, 7) is 4.73. The van der Waals surface area contributed by atoms with Crippen molar-refractivity contribution in [2.45, 2.75) is 51.5 Å². The van der Waals surface area contributed by atoms with E-state index in [4.69, 9.17) is 4.98 Å². The molecule has 32 heavy (non-hydrogen) atoms. The van der Waals surface area contributed by atoms with Crippen LogP contribution < -0.4 is 10.6 Å². The van der Waals surface area contributed by atoms with E-state index in [-0.39, 0.29) is 23.7 Å². The number of amides is 1. The Hall–Kier alpha value is -2.80. The van der Waals surface area contributed by atoms with E-state index in [0.29, 0.717) is 6.54 Å². The van der Waals surface area contributed by atoms with Gasteiger partial charge in [-0.2, -0.15) is 0 Å². The molecule has 1 amide bonds. The number of aromatic nitrogens is 2. The van der Waals surface area contributed by atoms with Gasteiger partial charge < -0.3 is 10.6 Å². The van der Waals surface area contributed by atoms with E-state index >= 15 is 0 Å². The number of ketones is 1. The van der Waals surface area contributed by atoms with Gasteiger partial charge in [0.25, 0.3) is 0 Å². The van der Waals surface area contributed by atoms with Crippen LogP contribution in [0.2, 0.25) is 0 Å². The fourth-order valence-electron chi connectivity index (χ4n) is 4.74. The van der Waals surface area contributed by atoms with Gasteiger partial charge in [0.15, 0.2) is 5.78 Å². The number of fused-ring (bicyclic) bond motifs is 1. The fourth-order valence-corrected chi connectivity index (χ4v) is 4.74. The minimum absolute atomic E-state index is 0.00802. The average Bonchev–Trinajstić information content (AvgIpc) is 2.82. The lowest BCUT2D eigenvalue weighted by atomic mass is 9.93. The summed E-state index contributed by atoms with van der Waals surface area (Å²) in [7, 11) is 0. The summed E-state index contributed by atoms with van der Waals surface area (Å²) in [4.78, 5) is 36.2. The predicted molar refractivity (Wildman–Crippen MR) is 124 cm³/mol. The SMILES string of the molecule is CC(=O)C(c1ccccn1)N1CCC(C(=O)NCCCc2ccc3c(n2)NCCC3)CC1. The van der Waals surface area contributed by atoms with Crippen LogP contribution in [0.1, 0.15) is 55.6 Å². The Labute approximate surface area is 190 Å². The molecule has 0 aromatic carbocycles. The Kier molecular flexibility index (Phi) is 7.47. The molecule has 1 unspecified atom stereocenters. The van der Waals surface area contributed by atoms with E-state index in [2.05, 4.69) is 32.7 Å². The van der Waals surface area contributed by atoms with E-state index in [1.165, 1.54) is 5.56 Å². The number of hydrogen-bond donors (Lipinski definition) is 2. The second-order valence-electron chi connectivity index (χ2n) is 8.81. The lowest BCUT2D eigenvalue weighted by Crippen LogP contribution is -2.43. The monoisotopic (exact) mass is 435 g/mol. The Bertz CT molecular complexity index is 925. The summed E-state index contributed by atoms with van der Waals surface area (Å²) < 4.78 is 0. The number of nitrogens with zero attached hydrogens (tertiary/aromatic N) is 3. The van der Waals surface area contributed by atoms with Crippen molar-refractivity contribution in [2.24, 2.45) is 5.92 Å². The third-order valence-corrected chi connectivity index (χ3v) is 6.48. The van der Waals surface area contributed by atoms with Gasteiger partial charge in [0.05, 0.1) is 5.69 Å². The van der Waals surface area contributed by atoms with Crippen LogP contribution in [0, 0.1) is 5.92 Å². The minimum atomic E-state index is -0.321. The van der Waals surface area contributed by atoms with Crippen LogP contribution in [-0.2, 0) is 22.4 Å². The molecule has 1 atom stereocenters. The molecule has 0 saturated carbocycles. The smallest absolute Gasteiger partial charge is 0.223 e. The largest absolute Gasteiger partial charge is 0.370 e. The number of aryl methyl sites for hydroxylation is 2. The number of pyridine rings is 2. The highest BCUT2D eigenvalue weighted by Crippen LogP contribution is 2.27. The number of hydrogen-bond acceptors (Lipinski definition) is 6. The number of rotatable bonds is 8. The third kappa shape index (κ3) is 5.51. The van der Waals surface area contributed by atoms with Crippen molar-refractivity contribution in [3.05, 3.63) is 53.5 Å². The van der Waals surface area contributed by atoms with Crippen LogP contribution in [-0.4, -0.2) is 52.7 Å². The van der Waals surface area contributed by atoms with Gasteiger partial charge in [-0.05, 0) is 82.3 Å². The van der Waals surface area contributed by atoms with Gasteiger partial charge in [-0.3, -0.25) is 19.5 Å². The quantitative estimate of drug-likeness (QED) is 0.620. The lowest BCUT2D eigenvalue weighted by molar-refractivity contribution is -0.127. The van der Waals surface area contributed by atoms with Gasteiger partial charge in [-0.1, -0.05) is 12.1 Å². The highest BCUT2D eigenvalue weighted by Gasteiger charge is 2.32. The molecule has 2 aliphatic heterocycles. The Morgan fingerprint density at radius 2 is 2.06 bits per heavy atom. The van der Waals surface area contributed by atoms with Gasteiger partial charge in [-0.25, -0.2) is 4.98 Å². The second kappa shape index (κ2) is 10.7. The maximum Gasteiger partial charge on any atom is 0.223 e. The first-order chi connectivity index (χ1) is 15.6. The Morgan fingerprint density at radius 1 is 1.22 bits per heavy atom. The molecule has 2 aliphatic rings. The zero-order valence-electron chi connectivity index (χ0n) is 18.8. The van der Waals surface area contributed by atoms with E-state index in [0.717, 1.165) is 75.4 Å². The van der Waals surface area contributed by atoms with Crippen LogP contribution in [0.4, 0.5) is 5.82 Å². The molecule has 0 radical (unpaired) electrons. The molecule has 7 nitrogen and oxygen atoms in total. The van der Waals surface area contributed by atoms with Gasteiger partial charge in [0.2, 0.25) is 5.91 Å². The number of anilines is 1. The zero-order valence-corrected chi connectivity index (χ0v) is 18.8. The summed E-state index contributed by atoms with van der Waals surface area (Å²) in [5, 5.41) is 6.48. The van der Waals surface area contributed by atoms with E-state index in [9.17, 15) is 9.59 Å². The van der Waals surface area contributed by atoms with Crippen LogP contribution in [0.15, 0.2) is 36.5 Å². The summed E-state index contributed by atoms with van der Waals surface area (Å²) in [5.41, 5.74) is 3.16. The molecule has 2 aromatic heterocycles. The number of carbonyl (C=O) groups is 2. The van der Waals surface area contributed by atoms with Crippen molar-refractivity contribution >= 4 is 17.5 Å². The first-order valence-electron chi connectivity index (χ1n) is 11.8. The number of carbonyl (C=O) groups excluding carboxylic acids is 2. The Balaban J connectivity index is 1.20. The average molecular weight is 436 g/mol. The molecule has 1 fully saturated rings. The van der Waals surface area contributed by atoms with Crippen molar-refractivity contribution in [3.63, 3.8) is 0 Å². The first-order valence-corrected chi connectivity index (χ1v) is 11.8. The predicted octanol–water partition coefficient (Wildman–Crippen LogP) is 2.93. The maximum absolute atomic E-state index is 12.6. The maximum atomic E-state index is 12.6. The molecule has 2 N–H and O–H groups in total. The summed E-state index contributed by atoms with van der Waals surface area (Å²) in [5.74, 6) is 1.26. The molecule has 0 bridgehead atoms. The first kappa shape index (κ1) is 22.4. The van der Waals surface area contributed by atoms with Crippen LogP contribution in [0.25, 0.3) is 0 Å². The number of likely N-dealkylation sites (tertiary alicyclic amines) is 1. The molecule has 0 spiro atoms. The molecule has 4 rings (SSSR count). The van der Waals surface area contributed by atoms with Gasteiger partial charge in [-0.15, -0.1) is 0 Å². The minimum Gasteiger partial charge on any atom is -0.370 e. The van der Waals surface area contributed by atoms with Crippen LogP contribution >= 0.6 is 0 Å². The van der Waals surface area contributed by atoms with Crippen molar-refractivity contribution in [3.8, 4) is 0 Å². The number of Topliss-reactive ketones (excluding diaryl/α,β-unsaturated/α-hetero) is 1. The summed E-state index contributed by atoms with van der Waals surface area (Å²) in [6.07, 6.45) is 7.25. The molecule has 2 aromatic rings. The summed E-state index contributed by atoms with van der Waals surface area (Å²) >= 11 is 0. The van der Waals surface area contributed by atoms with Crippen molar-refractivity contribution in [1.82, 2.24) is 20.2 Å². The van der Waals surface area contributed by atoms with E-state index < -0.39 is 0 Å². The third-order valence-electron chi connectivity index (χ3n) is 6.48. The molecule has 0 aliphatic carbocycles. The Morgan fingerprint density at radius 3 is 2.81 bits per heavy atom. The van der Waals surface area contributed by atoms with Gasteiger partial charge >= 0.3 is 0 Å². The van der Waals surface area contributed by atoms with Crippen molar-refractivity contribution in [2.75, 3.05) is 31.5 Å². The normalized spacial score (nSPS) is 17.8. The van der Waals surface area contributed by atoms with Gasteiger partial charge in [0.1, 0.15) is 11.9 Å². The summed E-state index contributed by atoms with van der Waals surface area (Å²) in [6, 6.07) is 9.63. The van der Waals surface area contributed by atoms with E-state index in [1.807, 2.05) is 18.2 Å². The molecule has 7 heteroatoms. The van der Waals surface area contributed by atoms with E-state index in [1.54, 1.807) is 13.1 Å². The number of piperidine rings is 1. The highest BCUT2D eigenvalue weighted by atomic mass is 16.2. The van der Waals surface area contributed by atoms with Crippen LogP contribution in [0.3, 0.4) is 0 Å². The highest BCUT2D eigenvalue weighted by molar-refractivity contribution is 5.82. The second-order valence-corrected chi connectivity index (χ2v) is 8.81. The fraction of sp³-hybridized carbons (Fsp3) is 0.520.